The number of hydrogen-bond acceptors (Lipinski definition) is 4. The lowest BCUT2D eigenvalue weighted by atomic mass is 9.91. The lowest BCUT2D eigenvalue weighted by molar-refractivity contribution is 0.283. The highest BCUT2D eigenvalue weighted by atomic mass is 16.3. The molecule has 1 aliphatic rings. The van der Waals surface area contributed by atoms with Crippen molar-refractivity contribution in [1.29, 1.82) is 0 Å². The average Bonchev–Trinajstić information content (AvgIpc) is 2.35. The van der Waals surface area contributed by atoms with Gasteiger partial charge in [-0.2, -0.15) is 0 Å². The summed E-state index contributed by atoms with van der Waals surface area (Å²) in [6.45, 7) is 0.708. The summed E-state index contributed by atoms with van der Waals surface area (Å²) in [7, 11) is 0. The van der Waals surface area contributed by atoms with E-state index in [1.165, 1.54) is 6.42 Å². The predicted octanol–water partition coefficient (Wildman–Crippen LogP) is 2.29. The first kappa shape index (κ1) is 12.2. The van der Waals surface area contributed by atoms with Gasteiger partial charge in [0.2, 0.25) is 0 Å². The molecule has 4 nitrogen and oxygen atoms in total. The molecule has 4 heteroatoms. The Kier molecular flexibility index (Phi) is 3.25. The van der Waals surface area contributed by atoms with Crippen LogP contribution in [0.15, 0.2) is 30.5 Å². The summed E-state index contributed by atoms with van der Waals surface area (Å²) in [6, 6.07) is 7.74. The zero-order valence-corrected chi connectivity index (χ0v) is 10.8. The number of benzene rings is 1. The first-order valence-corrected chi connectivity index (χ1v) is 6.75. The van der Waals surface area contributed by atoms with Crippen molar-refractivity contribution in [2.45, 2.75) is 25.3 Å². The second-order valence-corrected chi connectivity index (χ2v) is 5.04. The van der Waals surface area contributed by atoms with Gasteiger partial charge in [-0.15, -0.1) is 0 Å². The van der Waals surface area contributed by atoms with Crippen LogP contribution in [-0.4, -0.2) is 34.4 Å². The number of anilines is 1. The Morgan fingerprint density at radius 2 is 2.11 bits per heavy atom. The second kappa shape index (κ2) is 5.05. The van der Waals surface area contributed by atoms with E-state index in [9.17, 15) is 10.2 Å². The third-order valence-corrected chi connectivity index (χ3v) is 3.86. The first-order chi connectivity index (χ1) is 9.29. The molecule has 1 saturated carbocycles. The van der Waals surface area contributed by atoms with Crippen molar-refractivity contribution in [3.05, 3.63) is 30.5 Å². The highest BCUT2D eigenvalue weighted by molar-refractivity contribution is 5.93. The van der Waals surface area contributed by atoms with Crippen LogP contribution in [0.5, 0.6) is 5.75 Å². The summed E-state index contributed by atoms with van der Waals surface area (Å²) in [5.41, 5.74) is 0. The number of phenols is 1. The Balaban J connectivity index is 2.08. The molecule has 2 aromatic rings. The molecular formula is C15H18N2O2. The molecule has 19 heavy (non-hydrogen) atoms. The van der Waals surface area contributed by atoms with E-state index in [1.54, 1.807) is 18.3 Å². The average molecular weight is 258 g/mol. The molecule has 0 radical (unpaired) electrons. The number of aliphatic hydroxyl groups excluding tert-OH is 1. The number of rotatable bonds is 4. The van der Waals surface area contributed by atoms with Gasteiger partial charge in [-0.05, 0) is 42.8 Å². The molecule has 0 saturated heterocycles. The molecule has 1 aromatic heterocycles. The molecule has 2 N–H and O–H groups in total. The molecule has 100 valence electrons. The van der Waals surface area contributed by atoms with Gasteiger partial charge in [-0.3, -0.25) is 0 Å². The SMILES string of the molecule is OCCN(c1nccc2ccc(O)cc12)C1CCC1. The number of hydrogen-bond donors (Lipinski definition) is 2. The van der Waals surface area contributed by atoms with Gasteiger partial charge < -0.3 is 15.1 Å². The molecule has 0 atom stereocenters. The Morgan fingerprint density at radius 3 is 2.79 bits per heavy atom. The van der Waals surface area contributed by atoms with Crippen LogP contribution >= 0.6 is 0 Å². The van der Waals surface area contributed by atoms with E-state index in [0.717, 1.165) is 29.4 Å². The Morgan fingerprint density at radius 1 is 1.26 bits per heavy atom. The summed E-state index contributed by atoms with van der Waals surface area (Å²) in [5, 5.41) is 21.0. The van der Waals surface area contributed by atoms with Gasteiger partial charge in [-0.25, -0.2) is 4.98 Å². The van der Waals surface area contributed by atoms with Crippen LogP contribution < -0.4 is 4.90 Å². The molecule has 3 rings (SSSR count). The van der Waals surface area contributed by atoms with Crippen LogP contribution in [0, 0.1) is 0 Å². The number of phenolic OH excluding ortho intramolecular Hbond substituents is 1. The lowest BCUT2D eigenvalue weighted by Gasteiger charge is -2.38. The van der Waals surface area contributed by atoms with Crippen molar-refractivity contribution < 1.29 is 10.2 Å². The zero-order chi connectivity index (χ0) is 13.2. The fourth-order valence-corrected chi connectivity index (χ4v) is 2.64. The van der Waals surface area contributed by atoms with Crippen LogP contribution in [0.3, 0.4) is 0 Å². The number of aliphatic hydroxyl groups is 1. The van der Waals surface area contributed by atoms with E-state index >= 15 is 0 Å². The maximum atomic E-state index is 9.68. The van der Waals surface area contributed by atoms with Gasteiger partial charge >= 0.3 is 0 Å². The fraction of sp³-hybridized carbons (Fsp3) is 0.400. The van der Waals surface area contributed by atoms with E-state index in [-0.39, 0.29) is 12.4 Å². The van der Waals surface area contributed by atoms with Gasteiger partial charge in [0, 0.05) is 24.2 Å². The van der Waals surface area contributed by atoms with E-state index < -0.39 is 0 Å². The third-order valence-electron chi connectivity index (χ3n) is 3.86. The van der Waals surface area contributed by atoms with E-state index in [4.69, 9.17) is 0 Å². The second-order valence-electron chi connectivity index (χ2n) is 5.04. The van der Waals surface area contributed by atoms with Crippen molar-refractivity contribution in [1.82, 2.24) is 4.98 Å². The molecule has 0 aliphatic heterocycles. The number of pyridine rings is 1. The molecule has 1 fully saturated rings. The smallest absolute Gasteiger partial charge is 0.136 e. The standard InChI is InChI=1S/C15H18N2O2/c18-9-8-17(12-2-1-3-12)15-14-10-13(19)5-4-11(14)6-7-16-15/h4-7,10,12,18-19H,1-3,8-9H2. The summed E-state index contributed by atoms with van der Waals surface area (Å²) in [4.78, 5) is 6.65. The van der Waals surface area contributed by atoms with Gasteiger partial charge in [-0.1, -0.05) is 6.07 Å². The minimum atomic E-state index is 0.118. The van der Waals surface area contributed by atoms with Crippen LogP contribution in [-0.2, 0) is 0 Å². The van der Waals surface area contributed by atoms with Crippen LogP contribution in [0.4, 0.5) is 5.82 Å². The molecule has 0 unspecified atom stereocenters. The quantitative estimate of drug-likeness (QED) is 0.883. The number of aromatic nitrogens is 1. The summed E-state index contributed by atoms with van der Waals surface area (Å²) in [6.07, 6.45) is 5.33. The molecule has 0 spiro atoms. The maximum Gasteiger partial charge on any atom is 0.136 e. The molecule has 0 amide bonds. The predicted molar refractivity (Wildman–Crippen MR) is 75.5 cm³/mol. The number of nitrogens with zero attached hydrogens (tertiary/aromatic N) is 2. The van der Waals surface area contributed by atoms with Gasteiger partial charge in [0.1, 0.15) is 11.6 Å². The Labute approximate surface area is 112 Å². The van der Waals surface area contributed by atoms with E-state index in [2.05, 4.69) is 9.88 Å². The Hall–Kier alpha value is -1.81. The fourth-order valence-electron chi connectivity index (χ4n) is 2.64. The van der Waals surface area contributed by atoms with Crippen molar-refractivity contribution in [3.63, 3.8) is 0 Å². The Bertz CT molecular complexity index is 581. The molecule has 1 aliphatic carbocycles. The van der Waals surface area contributed by atoms with Gasteiger partial charge in [0.05, 0.1) is 6.61 Å². The summed E-state index contributed by atoms with van der Waals surface area (Å²) in [5.74, 6) is 1.12. The zero-order valence-electron chi connectivity index (χ0n) is 10.8. The first-order valence-electron chi connectivity index (χ1n) is 6.75. The summed E-state index contributed by atoms with van der Waals surface area (Å²) >= 11 is 0. The third kappa shape index (κ3) is 2.24. The highest BCUT2D eigenvalue weighted by Gasteiger charge is 2.26. The van der Waals surface area contributed by atoms with Crippen molar-refractivity contribution in [3.8, 4) is 5.75 Å². The molecule has 0 bridgehead atoms. The van der Waals surface area contributed by atoms with Crippen molar-refractivity contribution >= 4 is 16.6 Å². The number of fused-ring (bicyclic) bond motifs is 1. The van der Waals surface area contributed by atoms with Crippen molar-refractivity contribution in [2.24, 2.45) is 0 Å². The molecule has 1 heterocycles. The normalized spacial score (nSPS) is 15.4. The van der Waals surface area contributed by atoms with Crippen LogP contribution in [0.2, 0.25) is 0 Å². The topological polar surface area (TPSA) is 56.6 Å². The molecule has 1 aromatic carbocycles. The number of aromatic hydroxyl groups is 1. The minimum Gasteiger partial charge on any atom is -0.508 e. The van der Waals surface area contributed by atoms with Crippen LogP contribution in [0.25, 0.3) is 10.8 Å². The van der Waals surface area contributed by atoms with Gasteiger partial charge in [0.25, 0.3) is 0 Å². The molecular weight excluding hydrogens is 240 g/mol. The van der Waals surface area contributed by atoms with Gasteiger partial charge in [0.15, 0.2) is 0 Å². The minimum absolute atomic E-state index is 0.118. The lowest BCUT2D eigenvalue weighted by Crippen LogP contribution is -2.42. The largest absolute Gasteiger partial charge is 0.508 e. The van der Waals surface area contributed by atoms with E-state index in [1.807, 2.05) is 12.1 Å². The van der Waals surface area contributed by atoms with Crippen LogP contribution in [0.1, 0.15) is 19.3 Å². The van der Waals surface area contributed by atoms with Crippen molar-refractivity contribution in [2.75, 3.05) is 18.1 Å². The monoisotopic (exact) mass is 258 g/mol. The summed E-state index contributed by atoms with van der Waals surface area (Å²) < 4.78 is 0. The van der Waals surface area contributed by atoms with E-state index in [0.29, 0.717) is 12.6 Å². The highest BCUT2D eigenvalue weighted by Crippen LogP contribution is 2.33. The maximum absolute atomic E-state index is 9.68.